The normalized spacial score (nSPS) is 14.2. The summed E-state index contributed by atoms with van der Waals surface area (Å²) >= 11 is 7.50. The summed E-state index contributed by atoms with van der Waals surface area (Å²) in [7, 11) is 0. The first-order valence-corrected chi connectivity index (χ1v) is 8.02. The second-order valence-electron chi connectivity index (χ2n) is 4.76. The van der Waals surface area contributed by atoms with E-state index in [4.69, 9.17) is 21.4 Å². The molecule has 2 N–H and O–H groups in total. The van der Waals surface area contributed by atoms with E-state index in [9.17, 15) is 9.59 Å². The summed E-state index contributed by atoms with van der Waals surface area (Å²) < 4.78 is 5.60. The molecule has 1 aliphatic rings. The van der Waals surface area contributed by atoms with Crippen molar-refractivity contribution in [2.24, 2.45) is 0 Å². The molecule has 1 atom stereocenters. The lowest BCUT2D eigenvalue weighted by molar-refractivity contribution is -0.140. The van der Waals surface area contributed by atoms with Gasteiger partial charge in [0.15, 0.2) is 0 Å². The molecule has 5 nitrogen and oxygen atoms in total. The van der Waals surface area contributed by atoms with E-state index < -0.39 is 12.0 Å². The van der Waals surface area contributed by atoms with Crippen molar-refractivity contribution in [1.82, 2.24) is 5.32 Å². The number of amides is 1. The second-order valence-corrected chi connectivity index (χ2v) is 6.22. The fourth-order valence-corrected chi connectivity index (χ4v) is 3.44. The number of hydrogen-bond donors (Lipinski definition) is 2. The number of carbonyl (C=O) groups excluding carboxylic acids is 1. The average molecular weight is 330 g/mol. The van der Waals surface area contributed by atoms with Gasteiger partial charge in [-0.05, 0) is 17.7 Å². The number of thioether (sulfide) groups is 1. The van der Waals surface area contributed by atoms with Crippen molar-refractivity contribution in [3.05, 3.63) is 28.3 Å². The number of hydrogen-bond acceptors (Lipinski definition) is 4. The van der Waals surface area contributed by atoms with E-state index in [-0.39, 0.29) is 11.7 Å². The minimum atomic E-state index is -1.04. The fraction of sp³-hybridized carbons (Fsp3) is 0.429. The van der Waals surface area contributed by atoms with Crippen LogP contribution in [0.2, 0.25) is 5.02 Å². The van der Waals surface area contributed by atoms with Crippen LogP contribution in [0.3, 0.4) is 0 Å². The number of aliphatic carboxylic acids is 1. The zero-order valence-electron chi connectivity index (χ0n) is 11.5. The molecule has 1 aromatic rings. The van der Waals surface area contributed by atoms with E-state index in [1.165, 1.54) is 18.7 Å². The maximum atomic E-state index is 11.0. The quantitative estimate of drug-likeness (QED) is 0.836. The predicted molar refractivity (Wildman–Crippen MR) is 82.1 cm³/mol. The molecule has 2 rings (SSSR count). The van der Waals surface area contributed by atoms with Gasteiger partial charge in [-0.2, -0.15) is 11.8 Å². The first-order valence-electron chi connectivity index (χ1n) is 6.49. The molecule has 1 aromatic carbocycles. The van der Waals surface area contributed by atoms with Gasteiger partial charge in [-0.1, -0.05) is 11.6 Å². The van der Waals surface area contributed by atoms with Crippen molar-refractivity contribution in [3.63, 3.8) is 0 Å². The lowest BCUT2D eigenvalue weighted by atomic mass is 10.1. The summed E-state index contributed by atoms with van der Waals surface area (Å²) in [4.78, 5) is 22.0. The molecular weight excluding hydrogens is 314 g/mol. The third kappa shape index (κ3) is 4.28. The Morgan fingerprint density at radius 2 is 2.29 bits per heavy atom. The van der Waals surface area contributed by atoms with Crippen molar-refractivity contribution < 1.29 is 19.4 Å². The lowest BCUT2D eigenvalue weighted by Gasteiger charge is -2.13. The molecule has 0 aromatic heterocycles. The summed E-state index contributed by atoms with van der Waals surface area (Å²) in [6.07, 6.45) is 0.844. The third-order valence-electron chi connectivity index (χ3n) is 3.04. The standard InChI is InChI=1S/C14H16ClNO4S/c1-8(17)16-12(14(18)19)7-21-6-10-5-11(15)4-9-2-3-20-13(9)10/h4-5,12H,2-3,6-7H2,1H3,(H,16,17)(H,18,19). The number of carbonyl (C=O) groups is 2. The Bertz CT molecular complexity index is 564. The van der Waals surface area contributed by atoms with E-state index in [0.29, 0.717) is 17.4 Å². The van der Waals surface area contributed by atoms with Crippen LogP contribution in [0.1, 0.15) is 18.1 Å². The van der Waals surface area contributed by atoms with E-state index in [0.717, 1.165) is 23.3 Å². The van der Waals surface area contributed by atoms with Gasteiger partial charge in [0.25, 0.3) is 0 Å². The highest BCUT2D eigenvalue weighted by molar-refractivity contribution is 7.98. The Morgan fingerprint density at radius 3 is 2.95 bits per heavy atom. The topological polar surface area (TPSA) is 75.6 Å². The highest BCUT2D eigenvalue weighted by Gasteiger charge is 2.20. The summed E-state index contributed by atoms with van der Waals surface area (Å²) in [5.74, 6) is 0.348. The van der Waals surface area contributed by atoms with Gasteiger partial charge in [0.1, 0.15) is 11.8 Å². The molecule has 0 aliphatic carbocycles. The third-order valence-corrected chi connectivity index (χ3v) is 4.35. The number of ether oxygens (including phenoxy) is 1. The first kappa shape index (κ1) is 16.0. The molecule has 1 amide bonds. The Morgan fingerprint density at radius 1 is 1.52 bits per heavy atom. The van der Waals surface area contributed by atoms with Crippen LogP contribution in [0.15, 0.2) is 12.1 Å². The van der Waals surface area contributed by atoms with Gasteiger partial charge < -0.3 is 15.2 Å². The highest BCUT2D eigenvalue weighted by Crippen LogP contribution is 2.34. The van der Waals surface area contributed by atoms with Crippen LogP contribution in [0.25, 0.3) is 0 Å². The molecule has 1 aliphatic heterocycles. The first-order chi connectivity index (χ1) is 9.97. The number of halogens is 1. The number of carboxylic acids is 1. The molecule has 1 heterocycles. The molecule has 0 fully saturated rings. The molecule has 0 spiro atoms. The summed E-state index contributed by atoms with van der Waals surface area (Å²) in [5, 5.41) is 12.1. The van der Waals surface area contributed by atoms with Gasteiger partial charge in [0.2, 0.25) is 5.91 Å². The Balaban J connectivity index is 1.97. The second kappa shape index (κ2) is 7.04. The number of rotatable bonds is 6. The number of benzene rings is 1. The van der Waals surface area contributed by atoms with Crippen LogP contribution in [0, 0.1) is 0 Å². The summed E-state index contributed by atoms with van der Waals surface area (Å²) in [6, 6.07) is 2.85. The van der Waals surface area contributed by atoms with Crippen molar-refractivity contribution in [2.75, 3.05) is 12.4 Å². The molecule has 0 radical (unpaired) electrons. The van der Waals surface area contributed by atoms with Gasteiger partial charge in [-0.3, -0.25) is 4.79 Å². The predicted octanol–water partition coefficient (Wildman–Crippen LogP) is 2.10. The van der Waals surface area contributed by atoms with Gasteiger partial charge in [-0.25, -0.2) is 4.79 Å². The van der Waals surface area contributed by atoms with Crippen LogP contribution < -0.4 is 10.1 Å². The van der Waals surface area contributed by atoms with E-state index in [1.54, 1.807) is 0 Å². The Hall–Kier alpha value is -1.40. The summed E-state index contributed by atoms with van der Waals surface area (Å²) in [5.41, 5.74) is 2.06. The zero-order chi connectivity index (χ0) is 15.4. The minimum absolute atomic E-state index is 0.288. The maximum absolute atomic E-state index is 11.0. The number of carboxylic acid groups (broad SMARTS) is 1. The average Bonchev–Trinajstić information content (AvgIpc) is 2.84. The van der Waals surface area contributed by atoms with Crippen LogP contribution in [-0.4, -0.2) is 35.4 Å². The fourth-order valence-electron chi connectivity index (χ4n) is 2.16. The van der Waals surface area contributed by atoms with Crippen LogP contribution in [-0.2, 0) is 21.8 Å². The SMILES string of the molecule is CC(=O)NC(CSCc1cc(Cl)cc2c1OCC2)C(=O)O. The van der Waals surface area contributed by atoms with Crippen LogP contribution >= 0.6 is 23.4 Å². The molecule has 1 unspecified atom stereocenters. The van der Waals surface area contributed by atoms with E-state index in [1.807, 2.05) is 12.1 Å². The van der Waals surface area contributed by atoms with Crippen molar-refractivity contribution in [1.29, 1.82) is 0 Å². The van der Waals surface area contributed by atoms with Gasteiger partial charge in [0, 0.05) is 35.4 Å². The molecule has 0 saturated carbocycles. The van der Waals surface area contributed by atoms with Gasteiger partial charge in [0.05, 0.1) is 6.61 Å². The molecule has 21 heavy (non-hydrogen) atoms. The van der Waals surface area contributed by atoms with Crippen molar-refractivity contribution >= 4 is 35.2 Å². The maximum Gasteiger partial charge on any atom is 0.327 e. The van der Waals surface area contributed by atoms with Gasteiger partial charge in [-0.15, -0.1) is 0 Å². The monoisotopic (exact) mass is 329 g/mol. The Kier molecular flexibility index (Phi) is 5.36. The number of fused-ring (bicyclic) bond motifs is 1. The van der Waals surface area contributed by atoms with Crippen molar-refractivity contribution in [3.8, 4) is 5.75 Å². The van der Waals surface area contributed by atoms with Gasteiger partial charge >= 0.3 is 5.97 Å². The molecule has 0 bridgehead atoms. The highest BCUT2D eigenvalue weighted by atomic mass is 35.5. The Labute approximate surface area is 132 Å². The smallest absolute Gasteiger partial charge is 0.327 e. The molecule has 0 saturated heterocycles. The minimum Gasteiger partial charge on any atom is -0.493 e. The van der Waals surface area contributed by atoms with Crippen molar-refractivity contribution in [2.45, 2.75) is 25.1 Å². The summed E-state index contributed by atoms with van der Waals surface area (Å²) in [6.45, 7) is 1.95. The lowest BCUT2D eigenvalue weighted by Crippen LogP contribution is -2.41. The number of nitrogens with one attached hydrogen (secondary N) is 1. The molecular formula is C14H16ClNO4S. The van der Waals surface area contributed by atoms with Crippen LogP contribution in [0.4, 0.5) is 0 Å². The molecule has 7 heteroatoms. The largest absolute Gasteiger partial charge is 0.493 e. The zero-order valence-corrected chi connectivity index (χ0v) is 13.1. The van der Waals surface area contributed by atoms with Crippen LogP contribution in [0.5, 0.6) is 5.75 Å². The molecule has 114 valence electrons. The van der Waals surface area contributed by atoms with E-state index in [2.05, 4.69) is 5.32 Å². The van der Waals surface area contributed by atoms with E-state index >= 15 is 0 Å².